The first kappa shape index (κ1) is 17.2. The van der Waals surface area contributed by atoms with Crippen LogP contribution in [0.3, 0.4) is 0 Å². The first-order valence-electron chi connectivity index (χ1n) is 6.29. The molecule has 0 heterocycles. The van der Waals surface area contributed by atoms with Crippen LogP contribution in [0.1, 0.15) is 32.6 Å². The van der Waals surface area contributed by atoms with Crippen molar-refractivity contribution in [3.05, 3.63) is 0 Å². The number of carbonyl (C=O) groups is 2. The second-order valence-corrected chi connectivity index (χ2v) is 4.76. The highest BCUT2D eigenvalue weighted by Gasteiger charge is 2.29. The van der Waals surface area contributed by atoms with Crippen LogP contribution in [0.25, 0.3) is 0 Å². The minimum absolute atomic E-state index is 0. The van der Waals surface area contributed by atoms with E-state index in [-0.39, 0.29) is 36.2 Å². The van der Waals surface area contributed by atoms with Crippen LogP contribution in [0.4, 0.5) is 0 Å². The van der Waals surface area contributed by atoms with E-state index in [0.717, 1.165) is 12.8 Å². The molecule has 5 nitrogen and oxygen atoms in total. The Morgan fingerprint density at radius 3 is 2.56 bits per heavy atom. The molecule has 1 aliphatic carbocycles. The summed E-state index contributed by atoms with van der Waals surface area (Å²) in [6.45, 7) is 2.99. The maximum Gasteiger partial charge on any atom is 0.223 e. The summed E-state index contributed by atoms with van der Waals surface area (Å²) in [5, 5.41) is 2.85. The van der Waals surface area contributed by atoms with E-state index < -0.39 is 0 Å². The molecular formula is C12H24ClN3O2. The smallest absolute Gasteiger partial charge is 0.223 e. The monoisotopic (exact) mass is 277 g/mol. The molecule has 0 radical (unpaired) electrons. The van der Waals surface area contributed by atoms with Crippen molar-refractivity contribution in [3.63, 3.8) is 0 Å². The van der Waals surface area contributed by atoms with Gasteiger partial charge in [-0.05, 0) is 26.2 Å². The molecule has 0 bridgehead atoms. The third-order valence-corrected chi connectivity index (χ3v) is 3.21. The highest BCUT2D eigenvalue weighted by Crippen LogP contribution is 2.28. The molecular weight excluding hydrogens is 254 g/mol. The summed E-state index contributed by atoms with van der Waals surface area (Å²) < 4.78 is 0. The maximum absolute atomic E-state index is 11.7. The van der Waals surface area contributed by atoms with Crippen molar-refractivity contribution in [2.75, 3.05) is 20.1 Å². The van der Waals surface area contributed by atoms with Gasteiger partial charge in [0.05, 0.1) is 0 Å². The van der Waals surface area contributed by atoms with E-state index in [9.17, 15) is 9.59 Å². The number of carbonyl (C=O) groups excluding carboxylic acids is 2. The fourth-order valence-corrected chi connectivity index (χ4v) is 1.52. The number of rotatable bonds is 7. The number of nitrogens with one attached hydrogen (secondary N) is 1. The lowest BCUT2D eigenvalue weighted by atomic mass is 10.2. The van der Waals surface area contributed by atoms with E-state index in [1.807, 2.05) is 6.92 Å². The largest absolute Gasteiger partial charge is 0.356 e. The van der Waals surface area contributed by atoms with Gasteiger partial charge in [-0.1, -0.05) is 0 Å². The second kappa shape index (κ2) is 8.32. The SMILES string of the molecule is CC(CN)N(C)C(=O)CCCNC(=O)C1CC1.Cl. The Bertz CT molecular complexity index is 282. The molecule has 0 aromatic rings. The molecule has 106 valence electrons. The Balaban J connectivity index is 0.00000289. The van der Waals surface area contributed by atoms with E-state index in [0.29, 0.717) is 25.9 Å². The van der Waals surface area contributed by atoms with Crippen molar-refractivity contribution in [3.8, 4) is 0 Å². The quantitative estimate of drug-likeness (QED) is 0.666. The summed E-state index contributed by atoms with van der Waals surface area (Å²) in [6.07, 6.45) is 3.19. The Hall–Kier alpha value is -0.810. The van der Waals surface area contributed by atoms with Crippen molar-refractivity contribution in [2.45, 2.75) is 38.6 Å². The fraction of sp³-hybridized carbons (Fsp3) is 0.833. The van der Waals surface area contributed by atoms with Crippen LogP contribution in [0.2, 0.25) is 0 Å². The topological polar surface area (TPSA) is 75.4 Å². The lowest BCUT2D eigenvalue weighted by Gasteiger charge is -2.23. The van der Waals surface area contributed by atoms with E-state index in [2.05, 4.69) is 5.32 Å². The number of amides is 2. The molecule has 0 aromatic carbocycles. The summed E-state index contributed by atoms with van der Waals surface area (Å²) >= 11 is 0. The van der Waals surface area contributed by atoms with Gasteiger partial charge in [-0.3, -0.25) is 9.59 Å². The number of halogens is 1. The second-order valence-electron chi connectivity index (χ2n) is 4.76. The Labute approximate surface area is 115 Å². The first-order valence-corrected chi connectivity index (χ1v) is 6.29. The number of nitrogens with zero attached hydrogens (tertiary/aromatic N) is 1. The average molecular weight is 278 g/mol. The minimum Gasteiger partial charge on any atom is -0.356 e. The summed E-state index contributed by atoms with van der Waals surface area (Å²) in [6, 6.07) is 0.0727. The van der Waals surface area contributed by atoms with Gasteiger partial charge in [0.1, 0.15) is 0 Å². The molecule has 18 heavy (non-hydrogen) atoms. The molecule has 0 spiro atoms. The van der Waals surface area contributed by atoms with Crippen molar-refractivity contribution < 1.29 is 9.59 Å². The van der Waals surface area contributed by atoms with Crippen molar-refractivity contribution in [1.29, 1.82) is 0 Å². The third-order valence-electron chi connectivity index (χ3n) is 3.21. The van der Waals surface area contributed by atoms with E-state index in [1.54, 1.807) is 11.9 Å². The first-order chi connectivity index (χ1) is 8.06. The van der Waals surface area contributed by atoms with Crippen LogP contribution in [0, 0.1) is 5.92 Å². The molecule has 1 fully saturated rings. The van der Waals surface area contributed by atoms with Crippen molar-refractivity contribution in [2.24, 2.45) is 11.7 Å². The normalized spacial score (nSPS) is 15.5. The molecule has 2 amide bonds. The highest BCUT2D eigenvalue weighted by atomic mass is 35.5. The third kappa shape index (κ3) is 5.69. The van der Waals surface area contributed by atoms with Crippen molar-refractivity contribution in [1.82, 2.24) is 10.2 Å². The van der Waals surface area contributed by atoms with E-state index in [1.165, 1.54) is 0 Å². The molecule has 1 unspecified atom stereocenters. The predicted molar refractivity (Wildman–Crippen MR) is 73.5 cm³/mol. The number of hydrogen-bond donors (Lipinski definition) is 2. The number of hydrogen-bond acceptors (Lipinski definition) is 3. The molecule has 1 aliphatic rings. The fourth-order valence-electron chi connectivity index (χ4n) is 1.52. The standard InChI is InChI=1S/C12H23N3O2.ClH/c1-9(8-13)15(2)11(16)4-3-7-14-12(17)10-5-6-10;/h9-10H,3-8,13H2,1-2H3,(H,14,17);1H. The van der Waals surface area contributed by atoms with Gasteiger partial charge >= 0.3 is 0 Å². The molecule has 0 saturated heterocycles. The van der Waals surface area contributed by atoms with Gasteiger partial charge < -0.3 is 16.0 Å². The zero-order valence-electron chi connectivity index (χ0n) is 11.1. The predicted octanol–water partition coefficient (Wildman–Crippen LogP) is 0.520. The van der Waals surface area contributed by atoms with Gasteiger partial charge in [0.15, 0.2) is 0 Å². The van der Waals surface area contributed by atoms with Crippen LogP contribution in [-0.4, -0.2) is 42.9 Å². The lowest BCUT2D eigenvalue weighted by molar-refractivity contribution is -0.131. The minimum atomic E-state index is 0. The van der Waals surface area contributed by atoms with Gasteiger partial charge in [-0.15, -0.1) is 12.4 Å². The van der Waals surface area contributed by atoms with E-state index in [4.69, 9.17) is 5.73 Å². The van der Waals surface area contributed by atoms with Crippen molar-refractivity contribution >= 4 is 24.2 Å². The summed E-state index contributed by atoms with van der Waals surface area (Å²) in [4.78, 5) is 24.7. The lowest BCUT2D eigenvalue weighted by Crippen LogP contribution is -2.40. The molecule has 1 rings (SSSR count). The molecule has 1 saturated carbocycles. The average Bonchev–Trinajstić information content (AvgIpc) is 3.16. The van der Waals surface area contributed by atoms with Crippen LogP contribution in [-0.2, 0) is 9.59 Å². The van der Waals surface area contributed by atoms with Crippen LogP contribution >= 0.6 is 12.4 Å². The molecule has 1 atom stereocenters. The van der Waals surface area contributed by atoms with E-state index >= 15 is 0 Å². The van der Waals surface area contributed by atoms with Gasteiger partial charge in [0.2, 0.25) is 11.8 Å². The zero-order valence-corrected chi connectivity index (χ0v) is 12.0. The highest BCUT2D eigenvalue weighted by molar-refractivity contribution is 5.85. The van der Waals surface area contributed by atoms with Gasteiger partial charge in [-0.2, -0.15) is 0 Å². The molecule has 0 aromatic heterocycles. The number of likely N-dealkylation sites (N-methyl/N-ethyl adjacent to an activating group) is 1. The Kier molecular flexibility index (Phi) is 7.95. The van der Waals surface area contributed by atoms with Gasteiger partial charge in [0, 0.05) is 38.5 Å². The number of nitrogens with two attached hydrogens (primary N) is 1. The maximum atomic E-state index is 11.7. The zero-order chi connectivity index (χ0) is 12.8. The van der Waals surface area contributed by atoms with Gasteiger partial charge in [0.25, 0.3) is 0 Å². The molecule has 0 aliphatic heterocycles. The molecule has 3 N–H and O–H groups in total. The van der Waals surface area contributed by atoms with Gasteiger partial charge in [-0.25, -0.2) is 0 Å². The van der Waals surface area contributed by atoms with Crippen LogP contribution in [0.5, 0.6) is 0 Å². The van der Waals surface area contributed by atoms with Crippen LogP contribution in [0.15, 0.2) is 0 Å². The summed E-state index contributed by atoms with van der Waals surface area (Å²) in [5.41, 5.74) is 5.49. The molecule has 6 heteroatoms. The summed E-state index contributed by atoms with van der Waals surface area (Å²) in [5.74, 6) is 0.468. The summed E-state index contributed by atoms with van der Waals surface area (Å²) in [7, 11) is 1.77. The van der Waals surface area contributed by atoms with Crippen LogP contribution < -0.4 is 11.1 Å². The Morgan fingerprint density at radius 2 is 2.06 bits per heavy atom. The Morgan fingerprint density at radius 1 is 1.44 bits per heavy atom.